The van der Waals surface area contributed by atoms with Crippen LogP contribution in [0, 0.1) is 0 Å². The maximum Gasteiger partial charge on any atom is 0.342 e. The van der Waals surface area contributed by atoms with Crippen LogP contribution in [-0.4, -0.2) is 19.9 Å². The second kappa shape index (κ2) is 6.56. The molecule has 0 bridgehead atoms. The van der Waals surface area contributed by atoms with E-state index in [1.165, 1.54) is 13.2 Å². The topological polar surface area (TPSA) is 54.0 Å². The van der Waals surface area contributed by atoms with Gasteiger partial charge in [0.05, 0.1) is 12.1 Å². The van der Waals surface area contributed by atoms with Gasteiger partial charge < -0.3 is 18.9 Å². The summed E-state index contributed by atoms with van der Waals surface area (Å²) in [6, 6.07) is 8.12. The molecule has 7 heteroatoms. The van der Waals surface area contributed by atoms with Crippen molar-refractivity contribution in [1.29, 1.82) is 0 Å². The lowest BCUT2D eigenvalue weighted by atomic mass is 10.2. The maximum absolute atomic E-state index is 12.2. The Kier molecular flexibility index (Phi) is 4.50. The Bertz CT molecular complexity index is 760. The van der Waals surface area contributed by atoms with Crippen LogP contribution in [0.15, 0.2) is 30.3 Å². The molecule has 0 saturated carbocycles. The fourth-order valence-corrected chi connectivity index (χ4v) is 2.63. The Hall–Kier alpha value is -2.11. The summed E-state index contributed by atoms with van der Waals surface area (Å²) in [6.45, 7) is 0.156. The zero-order valence-corrected chi connectivity index (χ0v) is 13.6. The minimum absolute atomic E-state index is 0.0326. The van der Waals surface area contributed by atoms with Crippen molar-refractivity contribution in [3.8, 4) is 17.2 Å². The molecule has 120 valence electrons. The van der Waals surface area contributed by atoms with Gasteiger partial charge in [0.2, 0.25) is 6.79 Å². The zero-order valence-electron chi connectivity index (χ0n) is 12.1. The highest BCUT2D eigenvalue weighted by molar-refractivity contribution is 6.32. The van der Waals surface area contributed by atoms with Crippen molar-refractivity contribution in [2.24, 2.45) is 0 Å². The Morgan fingerprint density at radius 3 is 2.83 bits per heavy atom. The summed E-state index contributed by atoms with van der Waals surface area (Å²) < 4.78 is 20.9. The molecule has 0 radical (unpaired) electrons. The summed E-state index contributed by atoms with van der Waals surface area (Å²) in [5.41, 5.74) is 0.945. The van der Waals surface area contributed by atoms with Crippen molar-refractivity contribution in [3.05, 3.63) is 51.5 Å². The van der Waals surface area contributed by atoms with E-state index in [0.717, 1.165) is 0 Å². The molecular weight excluding hydrogens is 343 g/mol. The second-order valence-electron chi connectivity index (χ2n) is 4.73. The molecule has 1 heterocycles. The monoisotopic (exact) mass is 354 g/mol. The van der Waals surface area contributed by atoms with E-state index in [2.05, 4.69) is 0 Å². The molecule has 23 heavy (non-hydrogen) atoms. The van der Waals surface area contributed by atoms with Crippen LogP contribution in [0.4, 0.5) is 0 Å². The summed E-state index contributed by atoms with van der Waals surface area (Å²) in [6.07, 6.45) is 0. The third-order valence-corrected chi connectivity index (χ3v) is 3.75. The van der Waals surface area contributed by atoms with Crippen LogP contribution in [0.2, 0.25) is 10.0 Å². The smallest absolute Gasteiger partial charge is 0.342 e. The van der Waals surface area contributed by atoms with Gasteiger partial charge in [-0.15, -0.1) is 0 Å². The first-order valence-corrected chi connectivity index (χ1v) is 7.43. The first-order valence-electron chi connectivity index (χ1n) is 6.67. The van der Waals surface area contributed by atoms with E-state index in [0.29, 0.717) is 32.9 Å². The van der Waals surface area contributed by atoms with Gasteiger partial charge in [-0.2, -0.15) is 0 Å². The number of fused-ring (bicyclic) bond motifs is 1. The van der Waals surface area contributed by atoms with Crippen LogP contribution in [-0.2, 0) is 11.3 Å². The Morgan fingerprint density at radius 2 is 2.04 bits per heavy atom. The molecule has 1 aliphatic heterocycles. The quantitative estimate of drug-likeness (QED) is 0.774. The Labute approximate surface area is 142 Å². The van der Waals surface area contributed by atoms with Gasteiger partial charge in [-0.25, -0.2) is 4.79 Å². The SMILES string of the molecule is COc1ccc(Cl)cc1C(=O)OCc1cc(Cl)c2c(c1)OCO2. The van der Waals surface area contributed by atoms with Gasteiger partial charge in [0.15, 0.2) is 11.5 Å². The molecule has 0 fully saturated rings. The lowest BCUT2D eigenvalue weighted by molar-refractivity contribution is 0.0468. The molecule has 0 amide bonds. The molecule has 0 spiro atoms. The van der Waals surface area contributed by atoms with Crippen molar-refractivity contribution in [2.45, 2.75) is 6.61 Å². The van der Waals surface area contributed by atoms with Gasteiger partial charge in [-0.1, -0.05) is 23.2 Å². The third-order valence-electron chi connectivity index (χ3n) is 3.24. The summed E-state index contributed by atoms with van der Waals surface area (Å²) in [5, 5.41) is 0.829. The number of ether oxygens (including phenoxy) is 4. The second-order valence-corrected chi connectivity index (χ2v) is 5.58. The highest BCUT2D eigenvalue weighted by atomic mass is 35.5. The van der Waals surface area contributed by atoms with E-state index in [1.807, 2.05) is 0 Å². The number of carbonyl (C=O) groups excluding carboxylic acids is 1. The van der Waals surface area contributed by atoms with Gasteiger partial charge in [-0.05, 0) is 35.9 Å². The molecular formula is C16H12Cl2O5. The fourth-order valence-electron chi connectivity index (χ4n) is 2.17. The minimum Gasteiger partial charge on any atom is -0.496 e. The molecule has 0 atom stereocenters. The molecule has 5 nitrogen and oxygen atoms in total. The van der Waals surface area contributed by atoms with E-state index in [-0.39, 0.29) is 19.0 Å². The molecule has 2 aromatic rings. The van der Waals surface area contributed by atoms with Gasteiger partial charge >= 0.3 is 5.97 Å². The van der Waals surface area contributed by atoms with Crippen molar-refractivity contribution in [2.75, 3.05) is 13.9 Å². The number of hydrogen-bond donors (Lipinski definition) is 0. The molecule has 0 saturated heterocycles. The lowest BCUT2D eigenvalue weighted by Crippen LogP contribution is -2.07. The summed E-state index contributed by atoms with van der Waals surface area (Å²) in [5.74, 6) is 0.878. The van der Waals surface area contributed by atoms with Crippen molar-refractivity contribution >= 4 is 29.2 Å². The summed E-state index contributed by atoms with van der Waals surface area (Å²) in [7, 11) is 1.47. The molecule has 0 aromatic heterocycles. The van der Waals surface area contributed by atoms with Gasteiger partial charge in [0.1, 0.15) is 17.9 Å². The molecule has 0 unspecified atom stereocenters. The van der Waals surface area contributed by atoms with Gasteiger partial charge in [0, 0.05) is 5.02 Å². The predicted molar refractivity (Wildman–Crippen MR) is 84.7 cm³/mol. The normalized spacial score (nSPS) is 12.1. The van der Waals surface area contributed by atoms with E-state index in [1.54, 1.807) is 24.3 Å². The molecule has 0 N–H and O–H groups in total. The number of methoxy groups -OCH3 is 1. The number of hydrogen-bond acceptors (Lipinski definition) is 5. The molecule has 1 aliphatic rings. The van der Waals surface area contributed by atoms with E-state index in [9.17, 15) is 4.79 Å². The van der Waals surface area contributed by atoms with Crippen LogP contribution < -0.4 is 14.2 Å². The number of halogens is 2. The van der Waals surface area contributed by atoms with E-state index < -0.39 is 5.97 Å². The van der Waals surface area contributed by atoms with E-state index in [4.69, 9.17) is 42.1 Å². The average molecular weight is 355 g/mol. The third kappa shape index (κ3) is 3.30. The number of esters is 1. The van der Waals surface area contributed by atoms with Gasteiger partial charge in [-0.3, -0.25) is 0 Å². The zero-order chi connectivity index (χ0) is 16.4. The van der Waals surface area contributed by atoms with Crippen molar-refractivity contribution in [1.82, 2.24) is 0 Å². The van der Waals surface area contributed by atoms with Crippen LogP contribution in [0.1, 0.15) is 15.9 Å². The van der Waals surface area contributed by atoms with Crippen LogP contribution >= 0.6 is 23.2 Å². The standard InChI is InChI=1S/C16H12Cl2O5/c1-20-13-3-2-10(17)6-11(13)16(19)21-7-9-4-12(18)15-14(5-9)22-8-23-15/h2-6H,7-8H2,1H3. The minimum atomic E-state index is -0.543. The van der Waals surface area contributed by atoms with Crippen molar-refractivity contribution < 1.29 is 23.7 Å². The first-order chi connectivity index (χ1) is 11.1. The highest BCUT2D eigenvalue weighted by Gasteiger charge is 2.19. The average Bonchev–Trinajstić information content (AvgIpc) is 3.01. The van der Waals surface area contributed by atoms with Crippen molar-refractivity contribution in [3.63, 3.8) is 0 Å². The lowest BCUT2D eigenvalue weighted by Gasteiger charge is -2.10. The Morgan fingerprint density at radius 1 is 1.22 bits per heavy atom. The van der Waals surface area contributed by atoms with Gasteiger partial charge in [0.25, 0.3) is 0 Å². The first kappa shape index (κ1) is 15.8. The van der Waals surface area contributed by atoms with E-state index >= 15 is 0 Å². The molecule has 0 aliphatic carbocycles. The fraction of sp³-hybridized carbons (Fsp3) is 0.188. The Balaban J connectivity index is 1.75. The number of benzene rings is 2. The predicted octanol–water partition coefficient (Wildman–Crippen LogP) is 4.09. The number of carbonyl (C=O) groups is 1. The molecule has 2 aromatic carbocycles. The number of rotatable bonds is 4. The summed E-state index contributed by atoms with van der Waals surface area (Å²) in [4.78, 5) is 12.2. The summed E-state index contributed by atoms with van der Waals surface area (Å²) >= 11 is 12.0. The van der Waals surface area contributed by atoms with Crippen LogP contribution in [0.25, 0.3) is 0 Å². The highest BCUT2D eigenvalue weighted by Crippen LogP contribution is 2.40. The molecule has 3 rings (SSSR count). The van der Waals surface area contributed by atoms with Crippen LogP contribution in [0.5, 0.6) is 17.2 Å². The largest absolute Gasteiger partial charge is 0.496 e. The van der Waals surface area contributed by atoms with Crippen LogP contribution in [0.3, 0.4) is 0 Å². The maximum atomic E-state index is 12.2.